The van der Waals surface area contributed by atoms with Crippen LogP contribution in [0.25, 0.3) is 0 Å². The first-order valence-corrected chi connectivity index (χ1v) is 14.7. The van der Waals surface area contributed by atoms with Crippen molar-refractivity contribution in [2.75, 3.05) is 6.54 Å². The molecule has 1 aliphatic heterocycles. The zero-order valence-electron chi connectivity index (χ0n) is 23.3. The summed E-state index contributed by atoms with van der Waals surface area (Å²) in [6.45, 7) is 7.40. The van der Waals surface area contributed by atoms with Gasteiger partial charge in [0.1, 0.15) is 10.9 Å². The second-order valence-corrected chi connectivity index (χ2v) is 12.9. The van der Waals surface area contributed by atoms with Crippen LogP contribution < -0.4 is 5.32 Å². The topological polar surface area (TPSA) is 104 Å². The highest BCUT2D eigenvalue weighted by Crippen LogP contribution is 2.30. The lowest BCUT2D eigenvalue weighted by Gasteiger charge is -2.34. The van der Waals surface area contributed by atoms with E-state index in [-0.39, 0.29) is 42.3 Å². The van der Waals surface area contributed by atoms with Crippen LogP contribution in [0, 0.1) is 6.92 Å². The van der Waals surface area contributed by atoms with Crippen LogP contribution in [0.2, 0.25) is 0 Å². The van der Waals surface area contributed by atoms with E-state index in [9.17, 15) is 22.8 Å². The molecule has 210 valence electrons. The van der Waals surface area contributed by atoms with Crippen LogP contribution in [0.3, 0.4) is 0 Å². The monoisotopic (exact) mass is 561 g/mol. The number of amides is 3. The molecule has 1 N–H and O–H groups in total. The number of carbonyl (C=O) groups excluding carboxylic acids is 3. The standard InChI is InChI=1S/C31H35N3O5S/c1-22-11-10-14-24(19-22)21-33(26(29(36)32-31(2,3)4)20-23-12-6-5-7-13-23)28(35)17-18-34-30(37)25-15-8-9-16-27(25)40(34,38)39/h5-16,19,26H,17-18,20-21H2,1-4H3,(H,32,36). The number of carbonyl (C=O) groups is 3. The van der Waals surface area contributed by atoms with Gasteiger partial charge in [0.05, 0.1) is 5.56 Å². The summed E-state index contributed by atoms with van der Waals surface area (Å²) in [4.78, 5) is 41.9. The fourth-order valence-electron chi connectivity index (χ4n) is 4.81. The molecule has 4 rings (SSSR count). The van der Waals surface area contributed by atoms with Crippen molar-refractivity contribution in [1.29, 1.82) is 0 Å². The fraction of sp³-hybridized carbons (Fsp3) is 0.323. The zero-order valence-corrected chi connectivity index (χ0v) is 24.1. The predicted octanol–water partition coefficient (Wildman–Crippen LogP) is 4.08. The van der Waals surface area contributed by atoms with Crippen LogP contribution in [0.5, 0.6) is 0 Å². The normalized spacial score (nSPS) is 14.9. The van der Waals surface area contributed by atoms with Gasteiger partial charge in [-0.25, -0.2) is 12.7 Å². The van der Waals surface area contributed by atoms with Crippen LogP contribution in [-0.4, -0.2) is 53.5 Å². The van der Waals surface area contributed by atoms with Crippen LogP contribution in [0.15, 0.2) is 83.8 Å². The van der Waals surface area contributed by atoms with Crippen LogP contribution in [-0.2, 0) is 32.6 Å². The van der Waals surface area contributed by atoms with Gasteiger partial charge in [-0.05, 0) is 51.0 Å². The molecule has 9 heteroatoms. The molecule has 0 saturated carbocycles. The number of sulfonamides is 1. The molecule has 0 saturated heterocycles. The second kappa shape index (κ2) is 11.6. The molecular weight excluding hydrogens is 526 g/mol. The molecular formula is C31H35N3O5S. The highest BCUT2D eigenvalue weighted by molar-refractivity contribution is 7.90. The fourth-order valence-corrected chi connectivity index (χ4v) is 6.38. The van der Waals surface area contributed by atoms with Gasteiger partial charge in [0.2, 0.25) is 11.8 Å². The molecule has 1 unspecified atom stereocenters. The van der Waals surface area contributed by atoms with Crippen molar-refractivity contribution in [2.24, 2.45) is 0 Å². The number of nitrogens with zero attached hydrogens (tertiary/aromatic N) is 2. The highest BCUT2D eigenvalue weighted by atomic mass is 32.2. The van der Waals surface area contributed by atoms with Gasteiger partial charge in [0.25, 0.3) is 15.9 Å². The van der Waals surface area contributed by atoms with Crippen LogP contribution >= 0.6 is 0 Å². The molecule has 3 amide bonds. The van der Waals surface area contributed by atoms with Gasteiger partial charge >= 0.3 is 0 Å². The first kappa shape index (κ1) is 29.0. The minimum absolute atomic E-state index is 0.0597. The Labute approximate surface area is 236 Å². The number of hydrogen-bond acceptors (Lipinski definition) is 5. The lowest BCUT2D eigenvalue weighted by molar-refractivity contribution is -0.142. The molecule has 0 aromatic heterocycles. The summed E-state index contributed by atoms with van der Waals surface area (Å²) in [6, 6.07) is 22.3. The Balaban J connectivity index is 1.65. The molecule has 40 heavy (non-hydrogen) atoms. The van der Waals surface area contributed by atoms with Gasteiger partial charge in [-0.15, -0.1) is 0 Å². The summed E-state index contributed by atoms with van der Waals surface area (Å²) in [5.74, 6) is -1.39. The Hall–Kier alpha value is -3.98. The Morgan fingerprint density at radius 2 is 1.57 bits per heavy atom. The number of rotatable bonds is 9. The summed E-state index contributed by atoms with van der Waals surface area (Å²) in [5.41, 5.74) is 2.29. The quantitative estimate of drug-likeness (QED) is 0.424. The molecule has 1 aliphatic rings. The third-order valence-electron chi connectivity index (χ3n) is 6.65. The molecule has 1 atom stereocenters. The third kappa shape index (κ3) is 6.59. The number of fused-ring (bicyclic) bond motifs is 1. The van der Waals surface area contributed by atoms with Gasteiger partial charge in [-0.2, -0.15) is 0 Å². The van der Waals surface area contributed by atoms with Crippen molar-refractivity contribution in [3.8, 4) is 0 Å². The van der Waals surface area contributed by atoms with Crippen molar-refractivity contribution in [3.05, 3.63) is 101 Å². The van der Waals surface area contributed by atoms with Crippen molar-refractivity contribution in [1.82, 2.24) is 14.5 Å². The van der Waals surface area contributed by atoms with Crippen LogP contribution in [0.4, 0.5) is 0 Å². The largest absolute Gasteiger partial charge is 0.350 e. The molecule has 0 aliphatic carbocycles. The average Bonchev–Trinajstić information content (AvgIpc) is 3.09. The summed E-state index contributed by atoms with van der Waals surface area (Å²) in [7, 11) is -4.06. The van der Waals surface area contributed by atoms with Gasteiger partial charge in [-0.1, -0.05) is 72.3 Å². The van der Waals surface area contributed by atoms with Gasteiger partial charge in [0, 0.05) is 31.5 Å². The van der Waals surface area contributed by atoms with E-state index in [1.54, 1.807) is 12.1 Å². The first-order chi connectivity index (χ1) is 18.9. The number of hydrogen-bond donors (Lipinski definition) is 1. The zero-order chi connectivity index (χ0) is 29.1. The maximum atomic E-state index is 13.9. The summed E-state index contributed by atoms with van der Waals surface area (Å²) < 4.78 is 26.9. The van der Waals surface area contributed by atoms with Crippen LogP contribution in [0.1, 0.15) is 54.2 Å². The SMILES string of the molecule is Cc1cccc(CN(C(=O)CCN2C(=O)c3ccccc3S2(=O)=O)C(Cc2ccccc2)C(=O)NC(C)(C)C)c1. The molecule has 0 radical (unpaired) electrons. The van der Waals surface area contributed by atoms with Gasteiger partial charge in [0.15, 0.2) is 0 Å². The second-order valence-electron chi connectivity index (χ2n) is 11.1. The summed E-state index contributed by atoms with van der Waals surface area (Å²) >= 11 is 0. The number of benzene rings is 3. The maximum absolute atomic E-state index is 13.9. The van der Waals surface area contributed by atoms with Crippen molar-refractivity contribution < 1.29 is 22.8 Å². The minimum Gasteiger partial charge on any atom is -0.350 e. The predicted molar refractivity (Wildman–Crippen MR) is 153 cm³/mol. The Kier molecular flexibility index (Phi) is 8.44. The first-order valence-electron chi connectivity index (χ1n) is 13.2. The smallest absolute Gasteiger partial charge is 0.269 e. The van der Waals surface area contributed by atoms with E-state index in [0.717, 1.165) is 21.0 Å². The molecule has 1 heterocycles. The molecule has 0 fully saturated rings. The van der Waals surface area contributed by atoms with E-state index >= 15 is 0 Å². The Morgan fingerprint density at radius 3 is 2.23 bits per heavy atom. The minimum atomic E-state index is -4.06. The summed E-state index contributed by atoms with van der Waals surface area (Å²) in [6.07, 6.45) is 0.00551. The lowest BCUT2D eigenvalue weighted by atomic mass is 10.00. The maximum Gasteiger partial charge on any atom is 0.269 e. The van der Waals surface area contributed by atoms with Crippen molar-refractivity contribution in [3.63, 3.8) is 0 Å². The van der Waals surface area contributed by atoms with Crippen molar-refractivity contribution >= 4 is 27.7 Å². The Morgan fingerprint density at radius 1 is 0.925 bits per heavy atom. The summed E-state index contributed by atoms with van der Waals surface area (Å²) in [5, 5.41) is 3.01. The van der Waals surface area contributed by atoms with Crippen molar-refractivity contribution in [2.45, 2.75) is 63.6 Å². The average molecular weight is 562 g/mol. The number of aryl methyl sites for hydroxylation is 1. The molecule has 3 aromatic carbocycles. The van der Waals surface area contributed by atoms with E-state index in [1.165, 1.54) is 17.0 Å². The van der Waals surface area contributed by atoms with E-state index in [1.807, 2.05) is 82.3 Å². The van der Waals surface area contributed by atoms with E-state index in [2.05, 4.69) is 5.32 Å². The number of nitrogens with one attached hydrogen (secondary N) is 1. The van der Waals surface area contributed by atoms with E-state index in [0.29, 0.717) is 0 Å². The van der Waals surface area contributed by atoms with E-state index in [4.69, 9.17) is 0 Å². The lowest BCUT2D eigenvalue weighted by Crippen LogP contribution is -2.54. The van der Waals surface area contributed by atoms with Gasteiger partial charge in [-0.3, -0.25) is 14.4 Å². The molecule has 8 nitrogen and oxygen atoms in total. The third-order valence-corrected chi connectivity index (χ3v) is 8.49. The molecule has 3 aromatic rings. The van der Waals surface area contributed by atoms with Gasteiger partial charge < -0.3 is 10.2 Å². The molecule has 0 spiro atoms. The van der Waals surface area contributed by atoms with E-state index < -0.39 is 33.4 Å². The Bertz CT molecular complexity index is 1510. The molecule has 0 bridgehead atoms. The highest BCUT2D eigenvalue weighted by Gasteiger charge is 2.41.